The van der Waals surface area contributed by atoms with Crippen LogP contribution in [0.25, 0.3) is 0 Å². The average Bonchev–Trinajstić information content (AvgIpc) is 3.06. The van der Waals surface area contributed by atoms with E-state index in [4.69, 9.17) is 11.6 Å². The van der Waals surface area contributed by atoms with Crippen molar-refractivity contribution in [3.05, 3.63) is 16.4 Å². The molecule has 2 fully saturated rings. The summed E-state index contributed by atoms with van der Waals surface area (Å²) in [7, 11) is 1.93. The maximum Gasteiger partial charge on any atom is 0.130 e. The lowest BCUT2D eigenvalue weighted by Crippen LogP contribution is -2.35. The van der Waals surface area contributed by atoms with Crippen LogP contribution in [0.15, 0.2) is 0 Å². The molecule has 0 atom stereocenters. The molecule has 19 heavy (non-hydrogen) atoms. The first-order valence-electron chi connectivity index (χ1n) is 7.51. The zero-order chi connectivity index (χ0) is 13.5. The Morgan fingerprint density at radius 1 is 1.37 bits per heavy atom. The monoisotopic (exact) mass is 281 g/mol. The first-order chi connectivity index (χ1) is 9.10. The fourth-order valence-electron chi connectivity index (χ4n) is 3.44. The molecular weight excluding hydrogens is 258 g/mol. The second-order valence-electron chi connectivity index (χ2n) is 6.52. The highest BCUT2D eigenvalue weighted by molar-refractivity contribution is 6.30. The lowest BCUT2D eigenvalue weighted by molar-refractivity contribution is 0.276. The number of rotatable bonds is 5. The normalized spacial score (nSPS) is 22.1. The van der Waals surface area contributed by atoms with Crippen LogP contribution in [0, 0.1) is 12.3 Å². The van der Waals surface area contributed by atoms with Crippen LogP contribution in [-0.4, -0.2) is 22.4 Å². The summed E-state index contributed by atoms with van der Waals surface area (Å²) in [5, 5.41) is 9.02. The maximum absolute atomic E-state index is 6.41. The van der Waals surface area contributed by atoms with E-state index >= 15 is 0 Å². The Hall–Kier alpha value is -0.540. The van der Waals surface area contributed by atoms with E-state index in [-0.39, 0.29) is 0 Å². The molecule has 0 spiro atoms. The Morgan fingerprint density at radius 3 is 2.58 bits per heavy atom. The van der Waals surface area contributed by atoms with E-state index < -0.39 is 0 Å². The first kappa shape index (κ1) is 13.4. The van der Waals surface area contributed by atoms with Gasteiger partial charge in [-0.05, 0) is 44.4 Å². The summed E-state index contributed by atoms with van der Waals surface area (Å²) in [5.74, 6) is 0. The highest BCUT2D eigenvalue weighted by atomic mass is 35.5. The summed E-state index contributed by atoms with van der Waals surface area (Å²) in [6.07, 6.45) is 9.21. The van der Waals surface area contributed by atoms with Crippen molar-refractivity contribution in [1.82, 2.24) is 15.1 Å². The number of halogens is 1. The molecule has 0 saturated heterocycles. The van der Waals surface area contributed by atoms with Gasteiger partial charge in [-0.3, -0.25) is 4.68 Å². The van der Waals surface area contributed by atoms with Gasteiger partial charge in [0.1, 0.15) is 5.15 Å². The Bertz CT molecular complexity index is 456. The number of nitrogens with one attached hydrogen (secondary N) is 1. The second kappa shape index (κ2) is 5.10. The third-order valence-electron chi connectivity index (χ3n) is 4.83. The molecule has 0 amide bonds. The van der Waals surface area contributed by atoms with Crippen molar-refractivity contribution in [2.75, 3.05) is 6.54 Å². The quantitative estimate of drug-likeness (QED) is 0.898. The predicted octanol–water partition coefficient (Wildman–Crippen LogP) is 3.24. The van der Waals surface area contributed by atoms with Crippen molar-refractivity contribution in [3.63, 3.8) is 0 Å². The van der Waals surface area contributed by atoms with E-state index in [0.717, 1.165) is 29.9 Å². The predicted molar refractivity (Wildman–Crippen MR) is 78.6 cm³/mol. The molecule has 3 rings (SSSR count). The lowest BCUT2D eigenvalue weighted by atomic mass is 9.80. The van der Waals surface area contributed by atoms with E-state index in [1.165, 1.54) is 44.1 Å². The molecule has 1 aromatic rings. The van der Waals surface area contributed by atoms with Crippen LogP contribution in [0.4, 0.5) is 0 Å². The van der Waals surface area contributed by atoms with Crippen LogP contribution in [0.5, 0.6) is 0 Å². The van der Waals surface area contributed by atoms with Crippen LogP contribution < -0.4 is 5.32 Å². The molecule has 106 valence electrons. The standard InChI is InChI=1S/C15H24ClN3/c1-11-13(14(16)19(2)18-11)9-15(7-3-4-8-15)10-17-12-5-6-12/h12,17H,3-10H2,1-2H3. The summed E-state index contributed by atoms with van der Waals surface area (Å²) in [6, 6.07) is 0.794. The van der Waals surface area contributed by atoms with Crippen molar-refractivity contribution in [3.8, 4) is 0 Å². The SMILES string of the molecule is Cc1nn(C)c(Cl)c1CC1(CNC2CC2)CCCC1. The minimum Gasteiger partial charge on any atom is -0.313 e. The van der Waals surface area contributed by atoms with Gasteiger partial charge in [0.2, 0.25) is 0 Å². The fourth-order valence-corrected chi connectivity index (χ4v) is 3.68. The van der Waals surface area contributed by atoms with E-state index in [1.807, 2.05) is 11.7 Å². The maximum atomic E-state index is 6.41. The van der Waals surface area contributed by atoms with E-state index in [0.29, 0.717) is 5.41 Å². The highest BCUT2D eigenvalue weighted by Crippen LogP contribution is 2.42. The Labute approximate surface area is 120 Å². The number of hydrogen-bond donors (Lipinski definition) is 1. The van der Waals surface area contributed by atoms with Gasteiger partial charge in [-0.1, -0.05) is 24.4 Å². The van der Waals surface area contributed by atoms with Crippen molar-refractivity contribution in [1.29, 1.82) is 0 Å². The largest absolute Gasteiger partial charge is 0.313 e. The number of aromatic nitrogens is 2. The molecule has 0 unspecified atom stereocenters. The fraction of sp³-hybridized carbons (Fsp3) is 0.800. The summed E-state index contributed by atoms with van der Waals surface area (Å²) in [6.45, 7) is 3.24. The van der Waals surface area contributed by atoms with Crippen molar-refractivity contribution in [2.45, 2.75) is 57.9 Å². The van der Waals surface area contributed by atoms with Crippen LogP contribution in [0.2, 0.25) is 5.15 Å². The molecular formula is C15H24ClN3. The molecule has 3 nitrogen and oxygen atoms in total. The van der Waals surface area contributed by atoms with Gasteiger partial charge < -0.3 is 5.32 Å². The van der Waals surface area contributed by atoms with Gasteiger partial charge in [-0.25, -0.2) is 0 Å². The summed E-state index contributed by atoms with van der Waals surface area (Å²) < 4.78 is 1.81. The van der Waals surface area contributed by atoms with Crippen molar-refractivity contribution < 1.29 is 0 Å². The smallest absolute Gasteiger partial charge is 0.130 e. The van der Waals surface area contributed by atoms with Gasteiger partial charge in [0.05, 0.1) is 5.69 Å². The molecule has 1 aromatic heterocycles. The number of aryl methyl sites for hydroxylation is 2. The van der Waals surface area contributed by atoms with Crippen LogP contribution >= 0.6 is 11.6 Å². The topological polar surface area (TPSA) is 29.9 Å². The minimum absolute atomic E-state index is 0.417. The van der Waals surface area contributed by atoms with Gasteiger partial charge in [0.15, 0.2) is 0 Å². The van der Waals surface area contributed by atoms with Gasteiger partial charge in [0, 0.05) is 25.2 Å². The van der Waals surface area contributed by atoms with Gasteiger partial charge >= 0.3 is 0 Å². The Balaban J connectivity index is 1.76. The lowest BCUT2D eigenvalue weighted by Gasteiger charge is -2.29. The molecule has 4 heteroatoms. The molecule has 1 N–H and O–H groups in total. The van der Waals surface area contributed by atoms with E-state index in [2.05, 4.69) is 17.3 Å². The minimum atomic E-state index is 0.417. The summed E-state index contributed by atoms with van der Waals surface area (Å²) >= 11 is 6.41. The van der Waals surface area contributed by atoms with Crippen LogP contribution in [-0.2, 0) is 13.5 Å². The van der Waals surface area contributed by atoms with Gasteiger partial charge in [0.25, 0.3) is 0 Å². The average molecular weight is 282 g/mol. The Morgan fingerprint density at radius 2 is 2.05 bits per heavy atom. The van der Waals surface area contributed by atoms with E-state index in [1.54, 1.807) is 0 Å². The molecule has 2 saturated carbocycles. The van der Waals surface area contributed by atoms with Gasteiger partial charge in [-0.2, -0.15) is 5.10 Å². The molecule has 2 aliphatic rings. The zero-order valence-electron chi connectivity index (χ0n) is 12.0. The number of nitrogens with zero attached hydrogens (tertiary/aromatic N) is 2. The van der Waals surface area contributed by atoms with Crippen LogP contribution in [0.1, 0.15) is 49.8 Å². The zero-order valence-corrected chi connectivity index (χ0v) is 12.8. The molecule has 0 aromatic carbocycles. The van der Waals surface area contributed by atoms with E-state index in [9.17, 15) is 0 Å². The Kier molecular flexibility index (Phi) is 3.61. The molecule has 2 aliphatic carbocycles. The molecule has 1 heterocycles. The van der Waals surface area contributed by atoms with Crippen molar-refractivity contribution in [2.24, 2.45) is 12.5 Å². The second-order valence-corrected chi connectivity index (χ2v) is 6.88. The highest BCUT2D eigenvalue weighted by Gasteiger charge is 2.37. The number of hydrogen-bond acceptors (Lipinski definition) is 2. The molecule has 0 aliphatic heterocycles. The first-order valence-corrected chi connectivity index (χ1v) is 7.89. The summed E-state index contributed by atoms with van der Waals surface area (Å²) in [5.41, 5.74) is 2.79. The van der Waals surface area contributed by atoms with Crippen molar-refractivity contribution >= 4 is 11.6 Å². The van der Waals surface area contributed by atoms with Gasteiger partial charge in [-0.15, -0.1) is 0 Å². The third-order valence-corrected chi connectivity index (χ3v) is 5.30. The van der Waals surface area contributed by atoms with Crippen LogP contribution in [0.3, 0.4) is 0 Å². The molecule has 0 bridgehead atoms. The molecule has 0 radical (unpaired) electrons. The summed E-state index contributed by atoms with van der Waals surface area (Å²) in [4.78, 5) is 0. The third kappa shape index (κ3) is 2.82.